The number of hydrogen-bond donors (Lipinski definition) is 1. The Bertz CT molecular complexity index is 842. The van der Waals surface area contributed by atoms with E-state index >= 15 is 0 Å². The van der Waals surface area contributed by atoms with Crippen LogP contribution >= 0.6 is 0 Å². The van der Waals surface area contributed by atoms with Crippen LogP contribution in [0.5, 0.6) is 5.75 Å². The van der Waals surface area contributed by atoms with Crippen molar-refractivity contribution < 1.29 is 14.3 Å². The van der Waals surface area contributed by atoms with Crippen molar-refractivity contribution >= 4 is 17.5 Å². The predicted octanol–water partition coefficient (Wildman–Crippen LogP) is 5.87. The van der Waals surface area contributed by atoms with Crippen LogP contribution in [0.3, 0.4) is 0 Å². The molecule has 5 nitrogen and oxygen atoms in total. The molecule has 2 atom stereocenters. The number of nitrogens with zero attached hydrogens (tertiary/aromatic N) is 1. The van der Waals surface area contributed by atoms with E-state index in [1.807, 2.05) is 29.2 Å². The van der Waals surface area contributed by atoms with Gasteiger partial charge in [0.2, 0.25) is 0 Å². The molecule has 2 unspecified atom stereocenters. The molecule has 168 valence electrons. The Labute approximate surface area is 186 Å². The Balaban J connectivity index is 2.02. The minimum Gasteiger partial charge on any atom is -0.481 e. The molecule has 1 N–H and O–H groups in total. The summed E-state index contributed by atoms with van der Waals surface area (Å²) in [6, 6.07) is 14.9. The highest BCUT2D eigenvalue weighted by Crippen LogP contribution is 2.29. The fraction of sp³-hybridized carbons (Fsp3) is 0.462. The fourth-order valence-corrected chi connectivity index (χ4v) is 3.44. The molecule has 0 radical (unpaired) electrons. The van der Waals surface area contributed by atoms with Gasteiger partial charge in [-0.2, -0.15) is 0 Å². The van der Waals surface area contributed by atoms with Crippen molar-refractivity contribution in [1.82, 2.24) is 4.90 Å². The maximum atomic E-state index is 12.7. The molecule has 5 heteroatoms. The Kier molecular flexibility index (Phi) is 9.57. The Morgan fingerprint density at radius 1 is 0.935 bits per heavy atom. The summed E-state index contributed by atoms with van der Waals surface area (Å²) in [6.45, 7) is 11.7. The number of para-hydroxylation sites is 1. The van der Waals surface area contributed by atoms with Gasteiger partial charge in [-0.15, -0.1) is 0 Å². The number of carbonyl (C=O) groups is 2. The van der Waals surface area contributed by atoms with Gasteiger partial charge in [-0.1, -0.05) is 45.9 Å². The lowest BCUT2D eigenvalue weighted by Gasteiger charge is -2.22. The van der Waals surface area contributed by atoms with Crippen LogP contribution in [0, 0.1) is 0 Å². The smallest absolute Gasteiger partial charge is 0.265 e. The van der Waals surface area contributed by atoms with Gasteiger partial charge in [0.05, 0.1) is 0 Å². The molecule has 2 aromatic rings. The van der Waals surface area contributed by atoms with Crippen molar-refractivity contribution in [2.24, 2.45) is 0 Å². The monoisotopic (exact) mass is 424 g/mol. The fourth-order valence-electron chi connectivity index (χ4n) is 3.44. The van der Waals surface area contributed by atoms with Crippen LogP contribution < -0.4 is 10.1 Å². The molecule has 2 rings (SSSR count). The second-order valence-corrected chi connectivity index (χ2v) is 7.97. The van der Waals surface area contributed by atoms with Gasteiger partial charge < -0.3 is 15.0 Å². The van der Waals surface area contributed by atoms with E-state index in [1.165, 1.54) is 0 Å². The van der Waals surface area contributed by atoms with Crippen LogP contribution in [-0.2, 0) is 4.79 Å². The predicted molar refractivity (Wildman–Crippen MR) is 127 cm³/mol. The summed E-state index contributed by atoms with van der Waals surface area (Å²) in [7, 11) is 0. The van der Waals surface area contributed by atoms with Crippen molar-refractivity contribution in [1.29, 1.82) is 0 Å². The molecule has 0 heterocycles. The minimum absolute atomic E-state index is 0.0277. The molecular weight excluding hydrogens is 388 g/mol. The molecule has 0 spiro atoms. The van der Waals surface area contributed by atoms with E-state index in [-0.39, 0.29) is 11.8 Å². The number of anilines is 1. The third-order valence-electron chi connectivity index (χ3n) is 5.41. The van der Waals surface area contributed by atoms with Gasteiger partial charge in [0, 0.05) is 24.3 Å². The highest BCUT2D eigenvalue weighted by molar-refractivity contribution is 5.96. The summed E-state index contributed by atoms with van der Waals surface area (Å²) in [5.74, 6) is 0.903. The molecule has 0 fully saturated rings. The Morgan fingerprint density at radius 3 is 2.13 bits per heavy atom. The van der Waals surface area contributed by atoms with Crippen molar-refractivity contribution in [3.8, 4) is 5.75 Å². The summed E-state index contributed by atoms with van der Waals surface area (Å²) in [5.41, 5.74) is 2.38. The summed E-state index contributed by atoms with van der Waals surface area (Å²) >= 11 is 0. The first kappa shape index (κ1) is 24.4. The lowest BCUT2D eigenvalue weighted by molar-refractivity contribution is -0.122. The van der Waals surface area contributed by atoms with E-state index in [1.54, 1.807) is 31.2 Å². The molecule has 31 heavy (non-hydrogen) atoms. The second kappa shape index (κ2) is 12.1. The first-order chi connectivity index (χ1) is 14.9. The molecule has 0 aliphatic rings. The molecular formula is C26H36N2O3. The van der Waals surface area contributed by atoms with Crippen LogP contribution in [0.2, 0.25) is 0 Å². The molecule has 0 aromatic heterocycles. The molecule has 2 amide bonds. The maximum Gasteiger partial charge on any atom is 0.265 e. The zero-order valence-corrected chi connectivity index (χ0v) is 19.5. The first-order valence-corrected chi connectivity index (χ1v) is 11.4. The topological polar surface area (TPSA) is 58.6 Å². The number of ether oxygens (including phenoxy) is 1. The highest BCUT2D eigenvalue weighted by Gasteiger charge is 2.19. The number of rotatable bonds is 11. The average Bonchev–Trinajstić information content (AvgIpc) is 2.78. The minimum atomic E-state index is -0.642. The van der Waals surface area contributed by atoms with E-state index in [0.29, 0.717) is 17.2 Å². The van der Waals surface area contributed by atoms with Crippen LogP contribution in [0.1, 0.15) is 75.7 Å². The van der Waals surface area contributed by atoms with E-state index in [2.05, 4.69) is 33.0 Å². The van der Waals surface area contributed by atoms with Crippen LogP contribution in [0.4, 0.5) is 5.69 Å². The lowest BCUT2D eigenvalue weighted by atomic mass is 9.98. The zero-order chi connectivity index (χ0) is 22.8. The zero-order valence-electron chi connectivity index (χ0n) is 19.5. The number of nitrogens with one attached hydrogen (secondary N) is 1. The van der Waals surface area contributed by atoms with Crippen molar-refractivity contribution in [2.75, 3.05) is 18.4 Å². The van der Waals surface area contributed by atoms with Crippen LogP contribution in [-0.4, -0.2) is 35.9 Å². The highest BCUT2D eigenvalue weighted by atomic mass is 16.5. The summed E-state index contributed by atoms with van der Waals surface area (Å²) < 4.78 is 5.98. The summed E-state index contributed by atoms with van der Waals surface area (Å²) in [5, 5.41) is 2.88. The molecule has 0 saturated heterocycles. The van der Waals surface area contributed by atoms with Gasteiger partial charge in [0.1, 0.15) is 5.75 Å². The summed E-state index contributed by atoms with van der Waals surface area (Å²) in [4.78, 5) is 27.2. The van der Waals surface area contributed by atoms with Crippen LogP contribution in [0.15, 0.2) is 48.5 Å². The van der Waals surface area contributed by atoms with Crippen molar-refractivity contribution in [3.63, 3.8) is 0 Å². The SMILES string of the molecule is CCCN(CCC)C(=O)c1ccc(NC(=O)C(C)Oc2ccccc2C(C)CC)cc1. The molecule has 0 bridgehead atoms. The first-order valence-electron chi connectivity index (χ1n) is 11.4. The van der Waals surface area contributed by atoms with Crippen molar-refractivity contribution in [2.45, 2.75) is 65.9 Å². The Morgan fingerprint density at radius 2 is 1.55 bits per heavy atom. The molecule has 0 aliphatic heterocycles. The largest absolute Gasteiger partial charge is 0.481 e. The molecule has 0 aliphatic carbocycles. The van der Waals surface area contributed by atoms with E-state index in [0.717, 1.165) is 43.7 Å². The second-order valence-electron chi connectivity index (χ2n) is 7.97. The van der Waals surface area contributed by atoms with E-state index in [9.17, 15) is 9.59 Å². The maximum absolute atomic E-state index is 12.7. The number of benzene rings is 2. The van der Waals surface area contributed by atoms with E-state index in [4.69, 9.17) is 4.74 Å². The van der Waals surface area contributed by atoms with Gasteiger partial charge in [0.25, 0.3) is 11.8 Å². The number of carbonyl (C=O) groups excluding carboxylic acids is 2. The van der Waals surface area contributed by atoms with Crippen LogP contribution in [0.25, 0.3) is 0 Å². The van der Waals surface area contributed by atoms with Gasteiger partial charge in [0.15, 0.2) is 6.10 Å². The normalized spacial score (nSPS) is 12.7. The third-order valence-corrected chi connectivity index (χ3v) is 5.41. The number of hydrogen-bond acceptors (Lipinski definition) is 3. The molecule has 0 saturated carbocycles. The van der Waals surface area contributed by atoms with Gasteiger partial charge in [-0.25, -0.2) is 0 Å². The number of amides is 2. The van der Waals surface area contributed by atoms with E-state index < -0.39 is 6.10 Å². The summed E-state index contributed by atoms with van der Waals surface area (Å²) in [6.07, 6.45) is 2.21. The lowest BCUT2D eigenvalue weighted by Crippen LogP contribution is -2.32. The third kappa shape index (κ3) is 6.84. The van der Waals surface area contributed by atoms with Gasteiger partial charge in [-0.3, -0.25) is 9.59 Å². The standard InChI is InChI=1S/C26H36N2O3/c1-6-17-28(18-7-2)26(30)21-13-15-22(16-14-21)27-25(29)20(5)31-24-12-10-9-11-23(24)19(4)8-3/h9-16,19-20H,6-8,17-18H2,1-5H3,(H,27,29). The van der Waals surface area contributed by atoms with Gasteiger partial charge in [-0.05, 0) is 68.0 Å². The average molecular weight is 425 g/mol. The quantitative estimate of drug-likeness (QED) is 0.491. The van der Waals surface area contributed by atoms with Gasteiger partial charge >= 0.3 is 0 Å². The van der Waals surface area contributed by atoms with Crippen molar-refractivity contribution in [3.05, 3.63) is 59.7 Å². The molecule has 2 aromatic carbocycles. The Hall–Kier alpha value is -2.82.